The van der Waals surface area contributed by atoms with Crippen LogP contribution in [0.3, 0.4) is 0 Å². The molecule has 0 aliphatic carbocycles. The molecule has 0 radical (unpaired) electrons. The van der Waals surface area contributed by atoms with Crippen molar-refractivity contribution in [1.82, 2.24) is 10.6 Å². The van der Waals surface area contributed by atoms with E-state index in [0.29, 0.717) is 6.54 Å². The number of carbonyl (C=O) groups excluding carboxylic acids is 3. The summed E-state index contributed by atoms with van der Waals surface area (Å²) in [6.45, 7) is -0.257. The van der Waals surface area contributed by atoms with Crippen molar-refractivity contribution in [2.24, 2.45) is 0 Å². The van der Waals surface area contributed by atoms with Gasteiger partial charge in [0.05, 0.1) is 17.1 Å². The van der Waals surface area contributed by atoms with Crippen molar-refractivity contribution in [3.8, 4) is 0 Å². The Morgan fingerprint density at radius 1 is 1.13 bits per heavy atom. The van der Waals surface area contributed by atoms with E-state index >= 15 is 0 Å². The molecular formula is C15H13ClN2O4S. The summed E-state index contributed by atoms with van der Waals surface area (Å²) in [7, 11) is 0. The SMILES string of the molecule is O=C(COC(=O)c1ccccc1Cl)NC(=O)NCc1cccs1. The molecule has 0 bridgehead atoms. The van der Waals surface area contributed by atoms with Gasteiger partial charge in [-0.05, 0) is 23.6 Å². The molecule has 2 rings (SSSR count). The number of carbonyl (C=O) groups is 3. The van der Waals surface area contributed by atoms with Crippen LogP contribution in [0.4, 0.5) is 4.79 Å². The van der Waals surface area contributed by atoms with E-state index in [1.54, 1.807) is 12.1 Å². The second kappa shape index (κ2) is 8.30. The highest BCUT2D eigenvalue weighted by molar-refractivity contribution is 7.09. The highest BCUT2D eigenvalue weighted by Gasteiger charge is 2.14. The lowest BCUT2D eigenvalue weighted by molar-refractivity contribution is -0.123. The minimum absolute atomic E-state index is 0.157. The number of nitrogens with one attached hydrogen (secondary N) is 2. The van der Waals surface area contributed by atoms with Gasteiger partial charge in [0.15, 0.2) is 6.61 Å². The number of esters is 1. The van der Waals surface area contributed by atoms with Gasteiger partial charge < -0.3 is 10.1 Å². The molecular weight excluding hydrogens is 340 g/mol. The number of hydrogen-bond donors (Lipinski definition) is 2. The average molecular weight is 353 g/mol. The Morgan fingerprint density at radius 3 is 2.61 bits per heavy atom. The van der Waals surface area contributed by atoms with Crippen molar-refractivity contribution in [1.29, 1.82) is 0 Å². The fourth-order valence-corrected chi connectivity index (χ4v) is 2.48. The van der Waals surface area contributed by atoms with E-state index < -0.39 is 24.5 Å². The van der Waals surface area contributed by atoms with Crippen LogP contribution in [0.15, 0.2) is 41.8 Å². The Hall–Kier alpha value is -2.38. The molecule has 0 saturated heterocycles. The van der Waals surface area contributed by atoms with E-state index in [0.717, 1.165) is 4.88 Å². The molecule has 2 aromatic rings. The number of halogens is 1. The normalized spacial score (nSPS) is 9.96. The number of thiophene rings is 1. The molecule has 1 aromatic carbocycles. The molecule has 0 atom stereocenters. The molecule has 1 aromatic heterocycles. The van der Waals surface area contributed by atoms with E-state index in [1.165, 1.54) is 23.5 Å². The summed E-state index contributed by atoms with van der Waals surface area (Å²) in [5.41, 5.74) is 0.157. The van der Waals surface area contributed by atoms with Crippen LogP contribution in [0, 0.1) is 0 Å². The highest BCUT2D eigenvalue weighted by Crippen LogP contribution is 2.15. The summed E-state index contributed by atoms with van der Waals surface area (Å²) < 4.78 is 4.81. The first-order valence-corrected chi connectivity index (χ1v) is 7.83. The zero-order chi connectivity index (χ0) is 16.7. The lowest BCUT2D eigenvalue weighted by Gasteiger charge is -2.07. The van der Waals surface area contributed by atoms with Crippen LogP contribution in [-0.4, -0.2) is 24.5 Å². The van der Waals surface area contributed by atoms with Gasteiger partial charge in [0.25, 0.3) is 5.91 Å². The maximum atomic E-state index is 11.8. The van der Waals surface area contributed by atoms with Crippen molar-refractivity contribution in [2.45, 2.75) is 6.54 Å². The van der Waals surface area contributed by atoms with Crippen molar-refractivity contribution in [3.05, 3.63) is 57.2 Å². The van der Waals surface area contributed by atoms with Crippen molar-refractivity contribution >= 4 is 40.8 Å². The van der Waals surface area contributed by atoms with Gasteiger partial charge in [-0.2, -0.15) is 0 Å². The lowest BCUT2D eigenvalue weighted by atomic mass is 10.2. The Kier molecular flexibility index (Phi) is 6.13. The van der Waals surface area contributed by atoms with Crippen molar-refractivity contribution < 1.29 is 19.1 Å². The smallest absolute Gasteiger partial charge is 0.340 e. The second-order valence-electron chi connectivity index (χ2n) is 4.37. The van der Waals surface area contributed by atoms with E-state index in [9.17, 15) is 14.4 Å². The topological polar surface area (TPSA) is 84.5 Å². The number of urea groups is 1. The maximum Gasteiger partial charge on any atom is 0.340 e. The molecule has 0 unspecified atom stereocenters. The van der Waals surface area contributed by atoms with E-state index in [4.69, 9.17) is 16.3 Å². The first-order chi connectivity index (χ1) is 11.1. The minimum atomic E-state index is -0.732. The molecule has 1 heterocycles. The summed E-state index contributed by atoms with van der Waals surface area (Å²) in [5.74, 6) is -1.46. The maximum absolute atomic E-state index is 11.8. The fourth-order valence-electron chi connectivity index (χ4n) is 1.62. The van der Waals surface area contributed by atoms with Crippen LogP contribution in [0.2, 0.25) is 5.02 Å². The number of imide groups is 1. The Morgan fingerprint density at radius 2 is 1.91 bits per heavy atom. The summed E-state index contributed by atoms with van der Waals surface area (Å²) in [6, 6.07) is 9.38. The third-order valence-electron chi connectivity index (χ3n) is 2.68. The van der Waals surface area contributed by atoms with Gasteiger partial charge in [0, 0.05) is 4.88 Å². The van der Waals surface area contributed by atoms with Crippen LogP contribution < -0.4 is 10.6 Å². The monoisotopic (exact) mass is 352 g/mol. The van der Waals surface area contributed by atoms with Crippen LogP contribution in [0.5, 0.6) is 0 Å². The number of hydrogen-bond acceptors (Lipinski definition) is 5. The third-order valence-corrected chi connectivity index (χ3v) is 3.89. The molecule has 3 amide bonds. The van der Waals surface area contributed by atoms with Gasteiger partial charge in [-0.3, -0.25) is 10.1 Å². The molecule has 0 aliphatic heterocycles. The molecule has 0 saturated carbocycles. The molecule has 0 spiro atoms. The summed E-state index contributed by atoms with van der Waals surface area (Å²) in [6.07, 6.45) is 0. The molecule has 2 N–H and O–H groups in total. The van der Waals surface area contributed by atoms with Crippen LogP contribution in [0.1, 0.15) is 15.2 Å². The van der Waals surface area contributed by atoms with Gasteiger partial charge >= 0.3 is 12.0 Å². The Bertz CT molecular complexity index is 703. The quantitative estimate of drug-likeness (QED) is 0.810. The van der Waals surface area contributed by atoms with Gasteiger partial charge in [0.2, 0.25) is 0 Å². The first-order valence-electron chi connectivity index (χ1n) is 6.58. The average Bonchev–Trinajstić information content (AvgIpc) is 3.04. The van der Waals surface area contributed by atoms with Crippen LogP contribution in [-0.2, 0) is 16.1 Å². The predicted molar refractivity (Wildman–Crippen MR) is 86.4 cm³/mol. The minimum Gasteiger partial charge on any atom is -0.452 e. The number of amides is 3. The first kappa shape index (κ1) is 17.0. The standard InChI is InChI=1S/C15H13ClN2O4S/c16-12-6-2-1-5-11(12)14(20)22-9-13(19)18-15(21)17-8-10-4-3-7-23-10/h1-7H,8-9H2,(H2,17,18,19,21). The van der Waals surface area contributed by atoms with E-state index in [1.807, 2.05) is 17.5 Å². The van der Waals surface area contributed by atoms with Crippen molar-refractivity contribution in [2.75, 3.05) is 6.61 Å². The summed E-state index contributed by atoms with van der Waals surface area (Å²) in [5, 5.41) is 6.70. The number of ether oxygens (including phenoxy) is 1. The molecule has 0 aliphatic rings. The molecule has 0 fully saturated rings. The summed E-state index contributed by atoms with van der Waals surface area (Å²) >= 11 is 7.33. The summed E-state index contributed by atoms with van der Waals surface area (Å²) in [4.78, 5) is 35.8. The van der Waals surface area contributed by atoms with Crippen LogP contribution in [0.25, 0.3) is 0 Å². The molecule has 23 heavy (non-hydrogen) atoms. The zero-order valence-corrected chi connectivity index (χ0v) is 13.4. The van der Waals surface area contributed by atoms with Gasteiger partial charge in [-0.1, -0.05) is 29.8 Å². The van der Waals surface area contributed by atoms with E-state index in [-0.39, 0.29) is 10.6 Å². The predicted octanol–water partition coefficient (Wildman–Crippen LogP) is 2.58. The highest BCUT2D eigenvalue weighted by atomic mass is 35.5. The molecule has 8 heteroatoms. The third kappa shape index (κ3) is 5.39. The van der Waals surface area contributed by atoms with E-state index in [2.05, 4.69) is 10.6 Å². The van der Waals surface area contributed by atoms with Gasteiger partial charge in [-0.25, -0.2) is 9.59 Å². The largest absolute Gasteiger partial charge is 0.452 e. The Labute approximate surface area is 141 Å². The second-order valence-corrected chi connectivity index (χ2v) is 5.81. The number of rotatable bonds is 5. The zero-order valence-electron chi connectivity index (χ0n) is 11.9. The number of benzene rings is 1. The van der Waals surface area contributed by atoms with Gasteiger partial charge in [0.1, 0.15) is 0 Å². The molecule has 6 nitrogen and oxygen atoms in total. The van der Waals surface area contributed by atoms with Crippen LogP contribution >= 0.6 is 22.9 Å². The fraction of sp³-hybridized carbons (Fsp3) is 0.133. The lowest BCUT2D eigenvalue weighted by Crippen LogP contribution is -2.41. The van der Waals surface area contributed by atoms with Crippen molar-refractivity contribution in [3.63, 3.8) is 0 Å². The van der Waals surface area contributed by atoms with Gasteiger partial charge in [-0.15, -0.1) is 11.3 Å². The molecule has 120 valence electrons. The Balaban J connectivity index is 1.73.